The Hall–Kier alpha value is -2.62. The summed E-state index contributed by atoms with van der Waals surface area (Å²) in [5.41, 5.74) is 2.72. The first-order valence-corrected chi connectivity index (χ1v) is 8.55. The zero-order valence-corrected chi connectivity index (χ0v) is 15.3. The first-order chi connectivity index (χ1) is 11.9. The molecule has 2 rings (SSSR count). The van der Waals surface area contributed by atoms with Gasteiger partial charge in [-0.1, -0.05) is 61.9 Å². The number of hydrogen-bond donors (Lipinski definition) is 1. The van der Waals surface area contributed by atoms with Gasteiger partial charge in [-0.25, -0.2) is 0 Å². The van der Waals surface area contributed by atoms with Gasteiger partial charge in [0.05, 0.1) is 0 Å². The first kappa shape index (κ1) is 18.7. The molecule has 0 radical (unpaired) electrons. The van der Waals surface area contributed by atoms with E-state index in [-0.39, 0.29) is 17.7 Å². The minimum atomic E-state index is -0.553. The molecule has 0 bridgehead atoms. The molecular weight excluding hydrogens is 312 g/mol. The third-order valence-corrected chi connectivity index (χ3v) is 4.17. The van der Waals surface area contributed by atoms with Gasteiger partial charge in [0.15, 0.2) is 0 Å². The normalized spacial score (nSPS) is 11.9. The van der Waals surface area contributed by atoms with Crippen LogP contribution in [-0.2, 0) is 11.3 Å². The standard InChI is InChI=1S/C21H26N2O2/c1-15(2)19(22-20(24)18-12-10-16(3)11-13-18)21(25)23(4)14-17-8-6-5-7-9-17/h5-13,15,19H,14H2,1-4H3,(H,22,24). The fraction of sp³-hybridized carbons (Fsp3) is 0.333. The van der Waals surface area contributed by atoms with Crippen LogP contribution in [0.1, 0.15) is 35.3 Å². The summed E-state index contributed by atoms with van der Waals surface area (Å²) < 4.78 is 0. The van der Waals surface area contributed by atoms with Crippen molar-refractivity contribution in [1.82, 2.24) is 10.2 Å². The largest absolute Gasteiger partial charge is 0.340 e. The maximum Gasteiger partial charge on any atom is 0.251 e. The molecule has 0 aromatic heterocycles. The predicted octanol–water partition coefficient (Wildman–Crippen LogP) is 3.41. The fourth-order valence-electron chi connectivity index (χ4n) is 2.62. The van der Waals surface area contributed by atoms with Crippen LogP contribution < -0.4 is 5.32 Å². The van der Waals surface area contributed by atoms with Crippen LogP contribution >= 0.6 is 0 Å². The molecule has 0 spiro atoms. The van der Waals surface area contributed by atoms with E-state index in [1.807, 2.05) is 63.2 Å². The number of nitrogens with one attached hydrogen (secondary N) is 1. The van der Waals surface area contributed by atoms with Gasteiger partial charge in [0.25, 0.3) is 5.91 Å². The molecule has 4 nitrogen and oxygen atoms in total. The Bertz CT molecular complexity index is 708. The number of hydrogen-bond acceptors (Lipinski definition) is 2. The zero-order valence-electron chi connectivity index (χ0n) is 15.3. The molecule has 2 aromatic carbocycles. The topological polar surface area (TPSA) is 49.4 Å². The third-order valence-electron chi connectivity index (χ3n) is 4.17. The smallest absolute Gasteiger partial charge is 0.251 e. The van der Waals surface area contributed by atoms with Crippen LogP contribution in [0.25, 0.3) is 0 Å². The van der Waals surface area contributed by atoms with E-state index in [0.29, 0.717) is 12.1 Å². The average Bonchev–Trinajstić information content (AvgIpc) is 2.60. The Labute approximate surface area is 149 Å². The summed E-state index contributed by atoms with van der Waals surface area (Å²) in [7, 11) is 1.77. The van der Waals surface area contributed by atoms with E-state index in [1.54, 1.807) is 24.1 Å². The van der Waals surface area contributed by atoms with Gasteiger partial charge in [-0.2, -0.15) is 0 Å². The highest BCUT2D eigenvalue weighted by molar-refractivity contribution is 5.97. The molecule has 0 aliphatic carbocycles. The number of carbonyl (C=O) groups is 2. The quantitative estimate of drug-likeness (QED) is 0.877. The first-order valence-electron chi connectivity index (χ1n) is 8.55. The molecule has 0 aliphatic rings. The molecule has 0 heterocycles. The highest BCUT2D eigenvalue weighted by atomic mass is 16.2. The van der Waals surface area contributed by atoms with E-state index in [4.69, 9.17) is 0 Å². The van der Waals surface area contributed by atoms with Crippen LogP contribution in [0.3, 0.4) is 0 Å². The van der Waals surface area contributed by atoms with Crippen molar-refractivity contribution in [3.8, 4) is 0 Å². The number of likely N-dealkylation sites (N-methyl/N-ethyl adjacent to an activating group) is 1. The van der Waals surface area contributed by atoms with Crippen molar-refractivity contribution in [3.63, 3.8) is 0 Å². The van der Waals surface area contributed by atoms with Crippen molar-refractivity contribution in [3.05, 3.63) is 71.3 Å². The molecule has 0 saturated heterocycles. The van der Waals surface area contributed by atoms with E-state index in [1.165, 1.54) is 0 Å². The fourth-order valence-corrected chi connectivity index (χ4v) is 2.62. The monoisotopic (exact) mass is 338 g/mol. The Morgan fingerprint density at radius 1 is 1.00 bits per heavy atom. The Morgan fingerprint density at radius 2 is 1.60 bits per heavy atom. The molecule has 2 amide bonds. The van der Waals surface area contributed by atoms with Crippen LogP contribution in [0.4, 0.5) is 0 Å². The lowest BCUT2D eigenvalue weighted by Crippen LogP contribution is -2.50. The summed E-state index contributed by atoms with van der Waals surface area (Å²) in [4.78, 5) is 27.0. The second-order valence-electron chi connectivity index (χ2n) is 6.74. The molecule has 0 saturated carbocycles. The number of nitrogens with zero attached hydrogens (tertiary/aromatic N) is 1. The van der Waals surface area contributed by atoms with Crippen molar-refractivity contribution in [2.24, 2.45) is 5.92 Å². The van der Waals surface area contributed by atoms with E-state index in [0.717, 1.165) is 11.1 Å². The molecule has 25 heavy (non-hydrogen) atoms. The van der Waals surface area contributed by atoms with Crippen molar-refractivity contribution in [2.75, 3.05) is 7.05 Å². The van der Waals surface area contributed by atoms with E-state index in [2.05, 4.69) is 5.32 Å². The number of benzene rings is 2. The molecule has 0 aliphatic heterocycles. The van der Waals surface area contributed by atoms with Gasteiger partial charge >= 0.3 is 0 Å². The molecule has 1 N–H and O–H groups in total. The Kier molecular flexibility index (Phi) is 6.34. The van der Waals surface area contributed by atoms with Crippen molar-refractivity contribution in [1.29, 1.82) is 0 Å². The van der Waals surface area contributed by atoms with Crippen LogP contribution in [0.5, 0.6) is 0 Å². The zero-order chi connectivity index (χ0) is 18.4. The summed E-state index contributed by atoms with van der Waals surface area (Å²) in [6, 6.07) is 16.6. The van der Waals surface area contributed by atoms with Crippen LogP contribution in [0.2, 0.25) is 0 Å². The summed E-state index contributed by atoms with van der Waals surface area (Å²) >= 11 is 0. The maximum atomic E-state index is 12.8. The van der Waals surface area contributed by atoms with E-state index in [9.17, 15) is 9.59 Å². The van der Waals surface area contributed by atoms with Crippen LogP contribution in [-0.4, -0.2) is 29.8 Å². The molecule has 1 atom stereocenters. The van der Waals surface area contributed by atoms with Crippen LogP contribution in [0.15, 0.2) is 54.6 Å². The Morgan fingerprint density at radius 3 is 2.16 bits per heavy atom. The lowest BCUT2D eigenvalue weighted by molar-refractivity contribution is -0.133. The van der Waals surface area contributed by atoms with Gasteiger partial charge < -0.3 is 10.2 Å². The van der Waals surface area contributed by atoms with Gasteiger partial charge in [-0.05, 0) is 30.5 Å². The Balaban J connectivity index is 2.07. The van der Waals surface area contributed by atoms with Gasteiger partial charge in [-0.3, -0.25) is 9.59 Å². The van der Waals surface area contributed by atoms with Crippen molar-refractivity contribution in [2.45, 2.75) is 33.4 Å². The number of aryl methyl sites for hydroxylation is 1. The number of rotatable bonds is 6. The second-order valence-corrected chi connectivity index (χ2v) is 6.74. The lowest BCUT2D eigenvalue weighted by Gasteiger charge is -2.27. The predicted molar refractivity (Wildman–Crippen MR) is 100 cm³/mol. The van der Waals surface area contributed by atoms with E-state index < -0.39 is 6.04 Å². The summed E-state index contributed by atoms with van der Waals surface area (Å²) in [6.45, 7) is 6.37. The lowest BCUT2D eigenvalue weighted by atomic mass is 10.0. The molecule has 132 valence electrons. The summed E-state index contributed by atoms with van der Waals surface area (Å²) in [5, 5.41) is 2.89. The SMILES string of the molecule is Cc1ccc(C(=O)NC(C(=O)N(C)Cc2ccccc2)C(C)C)cc1. The maximum absolute atomic E-state index is 12.8. The van der Waals surface area contributed by atoms with Crippen molar-refractivity contribution >= 4 is 11.8 Å². The molecular formula is C21H26N2O2. The van der Waals surface area contributed by atoms with Crippen LogP contribution in [0, 0.1) is 12.8 Å². The van der Waals surface area contributed by atoms with Gasteiger partial charge in [-0.15, -0.1) is 0 Å². The van der Waals surface area contributed by atoms with Crippen molar-refractivity contribution < 1.29 is 9.59 Å². The summed E-state index contributed by atoms with van der Waals surface area (Å²) in [5.74, 6) is -0.306. The highest BCUT2D eigenvalue weighted by Crippen LogP contribution is 2.11. The molecule has 1 unspecified atom stereocenters. The molecule has 2 aromatic rings. The minimum Gasteiger partial charge on any atom is -0.340 e. The second kappa shape index (κ2) is 8.47. The molecule has 4 heteroatoms. The van der Waals surface area contributed by atoms with Gasteiger partial charge in [0.2, 0.25) is 5.91 Å². The highest BCUT2D eigenvalue weighted by Gasteiger charge is 2.27. The number of amides is 2. The average molecular weight is 338 g/mol. The van der Waals surface area contributed by atoms with E-state index >= 15 is 0 Å². The third kappa shape index (κ3) is 5.18. The molecule has 0 fully saturated rings. The van der Waals surface area contributed by atoms with Gasteiger partial charge in [0.1, 0.15) is 6.04 Å². The number of carbonyl (C=O) groups excluding carboxylic acids is 2. The minimum absolute atomic E-state index is 0.000113. The van der Waals surface area contributed by atoms with Gasteiger partial charge in [0, 0.05) is 19.2 Å². The summed E-state index contributed by atoms with van der Waals surface area (Å²) in [6.07, 6.45) is 0.